The fraction of sp³-hybridized carbons (Fsp3) is 0.538. The molecule has 0 radical (unpaired) electrons. The summed E-state index contributed by atoms with van der Waals surface area (Å²) in [6.07, 6.45) is 1.55. The van der Waals surface area contributed by atoms with Crippen molar-refractivity contribution in [3.05, 3.63) is 35.6 Å². The Morgan fingerprint density at radius 2 is 2.05 bits per heavy atom. The number of methoxy groups -OCH3 is 1. The van der Waals surface area contributed by atoms with E-state index in [9.17, 15) is 12.8 Å². The summed E-state index contributed by atoms with van der Waals surface area (Å²) >= 11 is 0. The van der Waals surface area contributed by atoms with Gasteiger partial charge in [-0.25, -0.2) is 17.1 Å². The molecule has 1 aromatic carbocycles. The van der Waals surface area contributed by atoms with Gasteiger partial charge in [0.2, 0.25) is 10.0 Å². The normalized spacial score (nSPS) is 18.6. The van der Waals surface area contributed by atoms with E-state index in [2.05, 4.69) is 0 Å². The highest BCUT2D eigenvalue weighted by Gasteiger charge is 2.28. The van der Waals surface area contributed by atoms with E-state index in [0.29, 0.717) is 31.5 Å². The molecule has 4 nitrogen and oxygen atoms in total. The minimum Gasteiger partial charge on any atom is -0.381 e. The first-order valence-corrected chi connectivity index (χ1v) is 7.87. The molecule has 0 atom stereocenters. The predicted octanol–water partition coefficient (Wildman–Crippen LogP) is 1.77. The first-order valence-electron chi connectivity index (χ1n) is 6.26. The lowest BCUT2D eigenvalue weighted by Gasteiger charge is -2.30. The van der Waals surface area contributed by atoms with Gasteiger partial charge in [0.1, 0.15) is 5.82 Å². The van der Waals surface area contributed by atoms with Crippen LogP contribution in [0.5, 0.6) is 0 Å². The third-order valence-electron chi connectivity index (χ3n) is 3.37. The maximum Gasteiger partial charge on any atom is 0.218 e. The number of nitrogens with zero attached hydrogens (tertiary/aromatic N) is 1. The molecule has 1 saturated heterocycles. The summed E-state index contributed by atoms with van der Waals surface area (Å²) in [5.41, 5.74) is 0.480. The standard InChI is InChI=1S/C13H18FNO3S/c1-18-13-5-7-15(8-6-13)19(16,17)10-11-3-2-4-12(14)9-11/h2-4,9,13H,5-8,10H2,1H3. The number of benzene rings is 1. The van der Waals surface area contributed by atoms with Crippen LogP contribution in [0.25, 0.3) is 0 Å². The highest BCUT2D eigenvalue weighted by molar-refractivity contribution is 7.88. The van der Waals surface area contributed by atoms with E-state index in [-0.39, 0.29) is 11.9 Å². The van der Waals surface area contributed by atoms with E-state index in [1.54, 1.807) is 13.2 Å². The molecule has 2 rings (SSSR count). The largest absolute Gasteiger partial charge is 0.381 e. The minimum absolute atomic E-state index is 0.139. The van der Waals surface area contributed by atoms with Crippen molar-refractivity contribution in [2.75, 3.05) is 20.2 Å². The van der Waals surface area contributed by atoms with E-state index < -0.39 is 15.8 Å². The Labute approximate surface area is 113 Å². The maximum absolute atomic E-state index is 13.1. The molecule has 0 aliphatic carbocycles. The molecule has 0 aromatic heterocycles. The average Bonchev–Trinajstić information content (AvgIpc) is 2.38. The van der Waals surface area contributed by atoms with Gasteiger partial charge in [0, 0.05) is 20.2 Å². The van der Waals surface area contributed by atoms with Gasteiger partial charge < -0.3 is 4.74 Å². The molecule has 1 heterocycles. The number of rotatable bonds is 4. The fourth-order valence-corrected chi connectivity index (χ4v) is 3.83. The van der Waals surface area contributed by atoms with Crippen LogP contribution in [0, 0.1) is 5.82 Å². The van der Waals surface area contributed by atoms with Gasteiger partial charge in [0.15, 0.2) is 0 Å². The quantitative estimate of drug-likeness (QED) is 0.848. The highest BCUT2D eigenvalue weighted by Crippen LogP contribution is 2.19. The van der Waals surface area contributed by atoms with Gasteiger partial charge >= 0.3 is 0 Å². The van der Waals surface area contributed by atoms with Crippen molar-refractivity contribution in [1.82, 2.24) is 4.31 Å². The molecule has 0 amide bonds. The van der Waals surface area contributed by atoms with Crippen LogP contribution >= 0.6 is 0 Å². The number of sulfonamides is 1. The molecule has 6 heteroatoms. The number of piperidine rings is 1. The third-order valence-corrected chi connectivity index (χ3v) is 5.22. The average molecular weight is 287 g/mol. The Hall–Kier alpha value is -0.980. The van der Waals surface area contributed by atoms with E-state index >= 15 is 0 Å². The monoisotopic (exact) mass is 287 g/mol. The van der Waals surface area contributed by atoms with Crippen molar-refractivity contribution in [1.29, 1.82) is 0 Å². The lowest BCUT2D eigenvalue weighted by Crippen LogP contribution is -2.41. The van der Waals surface area contributed by atoms with Crippen LogP contribution in [0.2, 0.25) is 0 Å². The summed E-state index contributed by atoms with van der Waals surface area (Å²) in [5, 5.41) is 0. The molecular formula is C13H18FNO3S. The van der Waals surface area contributed by atoms with Crippen LogP contribution in [0.1, 0.15) is 18.4 Å². The van der Waals surface area contributed by atoms with Crippen LogP contribution in [-0.2, 0) is 20.5 Å². The number of ether oxygens (including phenoxy) is 1. The Balaban J connectivity index is 2.03. The van der Waals surface area contributed by atoms with E-state index in [4.69, 9.17) is 4.74 Å². The van der Waals surface area contributed by atoms with Gasteiger partial charge in [-0.1, -0.05) is 12.1 Å². The zero-order chi connectivity index (χ0) is 13.9. The van der Waals surface area contributed by atoms with Crippen molar-refractivity contribution in [3.63, 3.8) is 0 Å². The van der Waals surface area contributed by atoms with Gasteiger partial charge in [0.25, 0.3) is 0 Å². The molecule has 1 fully saturated rings. The molecule has 0 spiro atoms. The number of hydrogen-bond donors (Lipinski definition) is 0. The molecule has 1 aliphatic heterocycles. The predicted molar refractivity (Wildman–Crippen MR) is 70.6 cm³/mol. The van der Waals surface area contributed by atoms with Crippen molar-refractivity contribution in [3.8, 4) is 0 Å². The van der Waals surface area contributed by atoms with Gasteiger partial charge in [-0.3, -0.25) is 0 Å². The molecular weight excluding hydrogens is 269 g/mol. The van der Waals surface area contributed by atoms with Gasteiger partial charge in [0.05, 0.1) is 11.9 Å². The SMILES string of the molecule is COC1CCN(S(=O)(=O)Cc2cccc(F)c2)CC1. The second-order valence-corrected chi connectivity index (χ2v) is 6.69. The molecule has 0 bridgehead atoms. The molecule has 1 aliphatic rings. The van der Waals surface area contributed by atoms with Crippen LogP contribution in [0.3, 0.4) is 0 Å². The molecule has 0 N–H and O–H groups in total. The van der Waals surface area contributed by atoms with Crippen molar-refractivity contribution >= 4 is 10.0 Å². The Bertz CT molecular complexity index is 524. The summed E-state index contributed by atoms with van der Waals surface area (Å²) in [4.78, 5) is 0. The molecule has 0 unspecified atom stereocenters. The number of hydrogen-bond acceptors (Lipinski definition) is 3. The van der Waals surface area contributed by atoms with Crippen molar-refractivity contribution in [2.24, 2.45) is 0 Å². The molecule has 0 saturated carbocycles. The lowest BCUT2D eigenvalue weighted by atomic mass is 10.1. The van der Waals surface area contributed by atoms with Crippen LogP contribution in [-0.4, -0.2) is 39.0 Å². The molecule has 1 aromatic rings. The first-order chi connectivity index (χ1) is 9.01. The van der Waals surface area contributed by atoms with E-state index in [1.165, 1.54) is 22.5 Å². The summed E-state index contributed by atoms with van der Waals surface area (Å²) in [6, 6.07) is 5.72. The first kappa shape index (κ1) is 14.4. The van der Waals surface area contributed by atoms with Crippen LogP contribution in [0.15, 0.2) is 24.3 Å². The maximum atomic E-state index is 13.1. The van der Waals surface area contributed by atoms with E-state index in [0.717, 1.165) is 0 Å². The minimum atomic E-state index is -3.37. The Kier molecular flexibility index (Phi) is 4.54. The van der Waals surface area contributed by atoms with Crippen molar-refractivity contribution < 1.29 is 17.5 Å². The zero-order valence-electron chi connectivity index (χ0n) is 10.9. The smallest absolute Gasteiger partial charge is 0.218 e. The third kappa shape index (κ3) is 3.75. The lowest BCUT2D eigenvalue weighted by molar-refractivity contribution is 0.0604. The zero-order valence-corrected chi connectivity index (χ0v) is 11.7. The Morgan fingerprint density at radius 3 is 2.63 bits per heavy atom. The van der Waals surface area contributed by atoms with E-state index in [1.807, 2.05) is 0 Å². The summed E-state index contributed by atoms with van der Waals surface area (Å²) in [5.74, 6) is -0.562. The summed E-state index contributed by atoms with van der Waals surface area (Å²) in [7, 11) is -1.73. The fourth-order valence-electron chi connectivity index (χ4n) is 2.27. The second kappa shape index (κ2) is 5.98. The summed E-state index contributed by atoms with van der Waals surface area (Å²) < 4.78 is 44.2. The highest BCUT2D eigenvalue weighted by atomic mass is 32.2. The van der Waals surface area contributed by atoms with Crippen LogP contribution in [0.4, 0.5) is 4.39 Å². The molecule has 19 heavy (non-hydrogen) atoms. The topological polar surface area (TPSA) is 46.6 Å². The summed E-state index contributed by atoms with van der Waals surface area (Å²) in [6.45, 7) is 0.937. The van der Waals surface area contributed by atoms with Crippen molar-refractivity contribution in [2.45, 2.75) is 24.7 Å². The molecule has 106 valence electrons. The second-order valence-electron chi connectivity index (χ2n) is 4.72. The van der Waals surface area contributed by atoms with Gasteiger partial charge in [-0.15, -0.1) is 0 Å². The van der Waals surface area contributed by atoms with Gasteiger partial charge in [-0.2, -0.15) is 0 Å². The number of halogens is 1. The van der Waals surface area contributed by atoms with Gasteiger partial charge in [-0.05, 0) is 30.5 Å². The Morgan fingerprint density at radius 1 is 1.37 bits per heavy atom. The van der Waals surface area contributed by atoms with Crippen LogP contribution < -0.4 is 0 Å².